The smallest absolute Gasteiger partial charge is 0.304 e. The first-order valence-electron chi connectivity index (χ1n) is 5.12. The molecule has 7 heteroatoms. The van der Waals surface area contributed by atoms with Gasteiger partial charge in [-0.1, -0.05) is 0 Å². The Morgan fingerprint density at radius 3 is 2.44 bits per heavy atom. The Balaban J connectivity index is 2.87. The van der Waals surface area contributed by atoms with Crippen molar-refractivity contribution in [1.29, 1.82) is 0 Å². The largest absolute Gasteiger partial charge is 0.481 e. The van der Waals surface area contributed by atoms with Crippen LogP contribution in [0.3, 0.4) is 0 Å². The number of piperazine rings is 1. The third kappa shape index (κ3) is 2.93. The molecule has 0 unspecified atom stereocenters. The minimum atomic E-state index is -3.25. The number of hydrogen-bond acceptors (Lipinski definition) is 4. The summed E-state index contributed by atoms with van der Waals surface area (Å²) >= 11 is 0. The molecule has 1 saturated heterocycles. The molecule has 0 amide bonds. The lowest BCUT2D eigenvalue weighted by Gasteiger charge is -2.43. The normalized spacial score (nSPS) is 29.2. The summed E-state index contributed by atoms with van der Waals surface area (Å²) in [5.41, 5.74) is 0. The lowest BCUT2D eigenvalue weighted by Crippen LogP contribution is -2.58. The molecule has 0 aliphatic carbocycles. The fraction of sp³-hybridized carbons (Fsp3) is 0.889. The van der Waals surface area contributed by atoms with Crippen LogP contribution >= 0.6 is 0 Å². The van der Waals surface area contributed by atoms with Crippen molar-refractivity contribution < 1.29 is 18.3 Å². The van der Waals surface area contributed by atoms with Gasteiger partial charge in [0.15, 0.2) is 0 Å². The molecule has 6 nitrogen and oxygen atoms in total. The highest BCUT2D eigenvalue weighted by Crippen LogP contribution is 2.20. The van der Waals surface area contributed by atoms with E-state index in [9.17, 15) is 13.2 Å². The monoisotopic (exact) mass is 250 g/mol. The Bertz CT molecular complexity index is 368. The maximum atomic E-state index is 11.5. The number of nitrogens with zero attached hydrogens (tertiary/aromatic N) is 2. The van der Waals surface area contributed by atoms with Gasteiger partial charge in [0.1, 0.15) is 0 Å². The van der Waals surface area contributed by atoms with Gasteiger partial charge in [0, 0.05) is 25.2 Å². The summed E-state index contributed by atoms with van der Waals surface area (Å²) < 4.78 is 24.4. The predicted molar refractivity (Wildman–Crippen MR) is 59.7 cm³/mol. The number of hydrogen-bond donors (Lipinski definition) is 1. The first-order chi connectivity index (χ1) is 7.23. The van der Waals surface area contributed by atoms with Crippen molar-refractivity contribution in [2.24, 2.45) is 0 Å². The minimum Gasteiger partial charge on any atom is -0.481 e. The van der Waals surface area contributed by atoms with E-state index in [0.29, 0.717) is 13.1 Å². The summed E-state index contributed by atoms with van der Waals surface area (Å²) in [7, 11) is -1.43. The minimum absolute atomic E-state index is 0.0380. The summed E-state index contributed by atoms with van der Waals surface area (Å²) in [6.45, 7) is 2.74. The number of likely N-dealkylation sites (N-methyl/N-ethyl adjacent to an activating group) is 1. The van der Waals surface area contributed by atoms with E-state index in [1.54, 1.807) is 6.92 Å². The van der Waals surface area contributed by atoms with E-state index >= 15 is 0 Å². The third-order valence-electron chi connectivity index (χ3n) is 3.06. The zero-order chi connectivity index (χ0) is 12.5. The Labute approximate surface area is 95.9 Å². The van der Waals surface area contributed by atoms with E-state index in [1.807, 2.05) is 11.9 Å². The SMILES string of the molecule is C[C@@H]1[C@H](CC(=O)O)N(C)CCN1S(C)(=O)=O. The van der Waals surface area contributed by atoms with Crippen molar-refractivity contribution in [3.05, 3.63) is 0 Å². The van der Waals surface area contributed by atoms with Crippen LogP contribution in [0.25, 0.3) is 0 Å². The topological polar surface area (TPSA) is 77.9 Å². The lowest BCUT2D eigenvalue weighted by atomic mass is 10.0. The fourth-order valence-corrected chi connectivity index (χ4v) is 3.32. The zero-order valence-electron chi connectivity index (χ0n) is 9.75. The van der Waals surface area contributed by atoms with Crippen LogP contribution in [0, 0.1) is 0 Å². The highest BCUT2D eigenvalue weighted by molar-refractivity contribution is 7.88. The van der Waals surface area contributed by atoms with Gasteiger partial charge in [-0.15, -0.1) is 0 Å². The van der Waals surface area contributed by atoms with Gasteiger partial charge >= 0.3 is 5.97 Å². The molecule has 0 spiro atoms. The van der Waals surface area contributed by atoms with Gasteiger partial charge in [-0.25, -0.2) is 8.42 Å². The van der Waals surface area contributed by atoms with E-state index < -0.39 is 16.0 Å². The fourth-order valence-electron chi connectivity index (χ4n) is 2.16. The molecule has 1 aliphatic heterocycles. The van der Waals surface area contributed by atoms with Crippen LogP contribution in [0.1, 0.15) is 13.3 Å². The maximum absolute atomic E-state index is 11.5. The zero-order valence-corrected chi connectivity index (χ0v) is 10.6. The molecule has 1 heterocycles. The van der Waals surface area contributed by atoms with Crippen molar-refractivity contribution in [1.82, 2.24) is 9.21 Å². The Morgan fingerprint density at radius 1 is 1.44 bits per heavy atom. The van der Waals surface area contributed by atoms with E-state index in [-0.39, 0.29) is 18.5 Å². The molecule has 0 aromatic rings. The van der Waals surface area contributed by atoms with Crippen LogP contribution in [-0.4, -0.2) is 67.2 Å². The molecule has 2 atom stereocenters. The molecule has 1 fully saturated rings. The van der Waals surface area contributed by atoms with Gasteiger partial charge in [-0.3, -0.25) is 9.69 Å². The Kier molecular flexibility index (Phi) is 3.92. The van der Waals surface area contributed by atoms with Gasteiger partial charge in [0.2, 0.25) is 10.0 Å². The van der Waals surface area contributed by atoms with Crippen LogP contribution in [-0.2, 0) is 14.8 Å². The van der Waals surface area contributed by atoms with E-state index in [2.05, 4.69) is 0 Å². The standard InChI is InChI=1S/C9H18N2O4S/c1-7-8(6-9(12)13)10(2)4-5-11(7)16(3,14)15/h7-8H,4-6H2,1-3H3,(H,12,13)/t7-,8+/m1/s1. The summed E-state index contributed by atoms with van der Waals surface area (Å²) in [5, 5.41) is 8.80. The van der Waals surface area contributed by atoms with Gasteiger partial charge in [0.05, 0.1) is 12.7 Å². The molecular formula is C9H18N2O4S. The quantitative estimate of drug-likeness (QED) is 0.725. The van der Waals surface area contributed by atoms with E-state index in [1.165, 1.54) is 4.31 Å². The van der Waals surface area contributed by atoms with Crippen molar-refractivity contribution in [2.75, 3.05) is 26.4 Å². The van der Waals surface area contributed by atoms with E-state index in [0.717, 1.165) is 6.26 Å². The first kappa shape index (κ1) is 13.4. The second kappa shape index (κ2) is 4.68. The molecule has 1 aliphatic rings. The van der Waals surface area contributed by atoms with Crippen LogP contribution in [0.5, 0.6) is 0 Å². The van der Waals surface area contributed by atoms with Crippen LogP contribution in [0.2, 0.25) is 0 Å². The molecule has 1 rings (SSSR count). The molecule has 16 heavy (non-hydrogen) atoms. The Hall–Kier alpha value is -0.660. The van der Waals surface area contributed by atoms with Gasteiger partial charge in [-0.2, -0.15) is 4.31 Å². The Morgan fingerprint density at radius 2 is 2.00 bits per heavy atom. The van der Waals surface area contributed by atoms with Gasteiger partial charge in [0.25, 0.3) is 0 Å². The number of sulfonamides is 1. The second-order valence-corrected chi connectivity index (χ2v) is 6.20. The highest BCUT2D eigenvalue weighted by Gasteiger charge is 2.37. The number of rotatable bonds is 3. The molecule has 0 bridgehead atoms. The average molecular weight is 250 g/mol. The molecule has 0 aromatic carbocycles. The van der Waals surface area contributed by atoms with Crippen LogP contribution in [0.15, 0.2) is 0 Å². The van der Waals surface area contributed by atoms with Crippen LogP contribution in [0.4, 0.5) is 0 Å². The first-order valence-corrected chi connectivity index (χ1v) is 6.97. The summed E-state index contributed by atoms with van der Waals surface area (Å²) in [6.07, 6.45) is 1.12. The maximum Gasteiger partial charge on any atom is 0.304 e. The van der Waals surface area contributed by atoms with Gasteiger partial charge in [-0.05, 0) is 14.0 Å². The predicted octanol–water partition coefficient (Wildman–Crippen LogP) is -0.575. The molecule has 0 radical (unpaired) electrons. The molecule has 1 N–H and O–H groups in total. The van der Waals surface area contributed by atoms with Crippen molar-refractivity contribution in [3.63, 3.8) is 0 Å². The summed E-state index contributed by atoms with van der Waals surface area (Å²) in [5.74, 6) is -0.904. The summed E-state index contributed by atoms with van der Waals surface area (Å²) in [6, 6.07) is -0.564. The molecule has 0 saturated carbocycles. The van der Waals surface area contributed by atoms with Crippen LogP contribution < -0.4 is 0 Å². The van der Waals surface area contributed by atoms with Crippen molar-refractivity contribution in [2.45, 2.75) is 25.4 Å². The van der Waals surface area contributed by atoms with Crippen molar-refractivity contribution in [3.8, 4) is 0 Å². The number of carbonyl (C=O) groups is 1. The molecule has 0 aromatic heterocycles. The number of carboxylic acid groups (broad SMARTS) is 1. The second-order valence-electron chi connectivity index (χ2n) is 4.26. The third-order valence-corrected chi connectivity index (χ3v) is 4.43. The summed E-state index contributed by atoms with van der Waals surface area (Å²) in [4.78, 5) is 12.6. The highest BCUT2D eigenvalue weighted by atomic mass is 32.2. The number of carboxylic acids is 1. The lowest BCUT2D eigenvalue weighted by molar-refractivity contribution is -0.139. The van der Waals surface area contributed by atoms with E-state index in [4.69, 9.17) is 5.11 Å². The number of aliphatic carboxylic acids is 1. The van der Waals surface area contributed by atoms with Crippen molar-refractivity contribution >= 4 is 16.0 Å². The average Bonchev–Trinajstić information content (AvgIpc) is 2.09. The van der Waals surface area contributed by atoms with Gasteiger partial charge < -0.3 is 5.11 Å². The molecular weight excluding hydrogens is 232 g/mol. The molecule has 94 valence electrons.